The molecule has 0 aliphatic carbocycles. The zero-order valence-corrected chi connectivity index (χ0v) is 8.75. The molecular formula is CH3ClHgO. The molecule has 0 saturated heterocycles. The van der Waals surface area contributed by atoms with Crippen LogP contribution in [0.25, 0.3) is 0 Å². The van der Waals surface area contributed by atoms with E-state index in [1.807, 2.05) is 0 Å². The molecule has 0 fully saturated rings. The van der Waals surface area contributed by atoms with Crippen LogP contribution in [0.2, 0.25) is 0 Å². The minimum absolute atomic E-state index is 1.14. The molecule has 0 unspecified atom stereocenters. The Bertz CT molecular complexity index is 10.0. The molecule has 0 aromatic rings. The summed E-state index contributed by atoms with van der Waals surface area (Å²) in [5, 5.41) is 0. The van der Waals surface area contributed by atoms with E-state index < -0.39 is 23.8 Å². The van der Waals surface area contributed by atoms with Gasteiger partial charge < -0.3 is 0 Å². The van der Waals surface area contributed by atoms with Crippen LogP contribution in [0.4, 0.5) is 0 Å². The van der Waals surface area contributed by atoms with Crippen LogP contribution in [-0.2, 0) is 26.4 Å². The van der Waals surface area contributed by atoms with Gasteiger partial charge in [-0.15, -0.1) is 0 Å². The van der Waals surface area contributed by atoms with E-state index in [9.17, 15) is 0 Å². The van der Waals surface area contributed by atoms with Gasteiger partial charge in [0.1, 0.15) is 0 Å². The molecule has 0 spiro atoms. The van der Waals surface area contributed by atoms with Crippen molar-refractivity contribution < 1.29 is 26.4 Å². The first kappa shape index (κ1) is 5.19. The third-order valence-electron chi connectivity index (χ3n) is 0.109. The van der Waals surface area contributed by atoms with Crippen molar-refractivity contribution in [3.63, 3.8) is 0 Å². The van der Waals surface area contributed by atoms with Gasteiger partial charge in [0.25, 0.3) is 0 Å². The first-order valence-corrected chi connectivity index (χ1v) is 9.98. The fraction of sp³-hybridized carbons (Fsp3) is 1.00. The van der Waals surface area contributed by atoms with Gasteiger partial charge in [-0.1, -0.05) is 0 Å². The molecule has 1 nitrogen and oxygen atoms in total. The molecule has 0 aromatic heterocycles. The molecule has 0 aliphatic heterocycles. The van der Waals surface area contributed by atoms with E-state index in [1.54, 1.807) is 7.11 Å². The molecule has 22 valence electrons. The molecule has 0 heterocycles. The summed E-state index contributed by atoms with van der Waals surface area (Å²) in [6, 6.07) is 0. The molecule has 0 N–H and O–H groups in total. The SMILES string of the molecule is C[O][Hg][Cl]. The van der Waals surface area contributed by atoms with Gasteiger partial charge in [-0.2, -0.15) is 0 Å². The minimum atomic E-state index is -1.14. The van der Waals surface area contributed by atoms with Crippen molar-refractivity contribution in [2.24, 2.45) is 0 Å². The second-order valence-electron chi connectivity index (χ2n) is 0.398. The molecule has 0 atom stereocenters. The third-order valence-corrected chi connectivity index (χ3v) is 2.87. The standard InChI is InChI=1S/CH3O.ClH.Hg/c1-2;;/h1H3;1H;/q-1;;+2/p-1. The molecule has 0 bridgehead atoms. The van der Waals surface area contributed by atoms with Gasteiger partial charge in [-0.3, -0.25) is 0 Å². The van der Waals surface area contributed by atoms with Crippen molar-refractivity contribution in [3.05, 3.63) is 0 Å². The second-order valence-corrected chi connectivity index (χ2v) is 5.41. The molecule has 0 saturated carbocycles. The summed E-state index contributed by atoms with van der Waals surface area (Å²) in [6.07, 6.45) is 0. The third kappa shape index (κ3) is 3.19. The Hall–Kier alpha value is 1.19. The Balaban J connectivity index is 1.97. The fourth-order valence-electron chi connectivity index (χ4n) is 0. The van der Waals surface area contributed by atoms with Crippen LogP contribution >= 0.6 is 8.25 Å². The van der Waals surface area contributed by atoms with E-state index in [4.69, 9.17) is 8.25 Å². The van der Waals surface area contributed by atoms with Crippen molar-refractivity contribution in [1.29, 1.82) is 0 Å². The monoisotopic (exact) mass is 268 g/mol. The second kappa shape index (κ2) is 4.19. The molecule has 0 rings (SSSR count). The first-order valence-electron chi connectivity index (χ1n) is 0.964. The van der Waals surface area contributed by atoms with Gasteiger partial charge in [0.15, 0.2) is 0 Å². The van der Waals surface area contributed by atoms with Crippen LogP contribution in [0.3, 0.4) is 0 Å². The summed E-state index contributed by atoms with van der Waals surface area (Å²) in [7, 11) is 6.83. The van der Waals surface area contributed by atoms with Crippen LogP contribution in [0.1, 0.15) is 0 Å². The normalized spacial score (nSPS) is 5.50. The molecular weight excluding hydrogens is 264 g/mol. The summed E-state index contributed by atoms with van der Waals surface area (Å²) >= 11 is -1.14. The van der Waals surface area contributed by atoms with Crippen LogP contribution in [0, 0.1) is 0 Å². The maximum absolute atomic E-state index is 5.19. The summed E-state index contributed by atoms with van der Waals surface area (Å²) in [5.41, 5.74) is 0. The quantitative estimate of drug-likeness (QED) is 0.638. The van der Waals surface area contributed by atoms with Crippen LogP contribution in [-0.4, -0.2) is 7.11 Å². The molecule has 0 aromatic carbocycles. The van der Waals surface area contributed by atoms with E-state index in [0.717, 1.165) is 0 Å². The average molecular weight is 267 g/mol. The topological polar surface area (TPSA) is 9.23 Å². The predicted molar refractivity (Wildman–Crippen MR) is 12.9 cm³/mol. The first-order chi connectivity index (χ1) is 1.91. The number of hydrogen-bond acceptors (Lipinski definition) is 1. The Morgan fingerprint density at radius 3 is 2.25 bits per heavy atom. The van der Waals surface area contributed by atoms with Gasteiger partial charge >= 0.3 is 41.8 Å². The fourth-order valence-corrected chi connectivity index (χ4v) is 0. The van der Waals surface area contributed by atoms with Crippen molar-refractivity contribution >= 4 is 8.25 Å². The molecule has 3 heteroatoms. The van der Waals surface area contributed by atoms with Crippen molar-refractivity contribution in [3.8, 4) is 0 Å². The average Bonchev–Trinajstić information content (AvgIpc) is 1.37. The Kier molecular flexibility index (Phi) is 5.42. The van der Waals surface area contributed by atoms with Gasteiger partial charge in [0.2, 0.25) is 0 Å². The van der Waals surface area contributed by atoms with Gasteiger partial charge in [0.05, 0.1) is 0 Å². The van der Waals surface area contributed by atoms with Crippen molar-refractivity contribution in [1.82, 2.24) is 0 Å². The number of rotatable bonds is 1. The maximum atomic E-state index is 5.19. The molecule has 0 radical (unpaired) electrons. The van der Waals surface area contributed by atoms with Crippen LogP contribution < -0.4 is 0 Å². The predicted octanol–water partition coefficient (Wildman–Crippen LogP) is 0.784. The molecule has 0 amide bonds. The van der Waals surface area contributed by atoms with Gasteiger partial charge in [0, 0.05) is 0 Å². The van der Waals surface area contributed by atoms with E-state index >= 15 is 0 Å². The van der Waals surface area contributed by atoms with Crippen LogP contribution in [0.15, 0.2) is 0 Å². The Morgan fingerprint density at radius 1 is 2.00 bits per heavy atom. The van der Waals surface area contributed by atoms with E-state index in [1.165, 1.54) is 0 Å². The zero-order chi connectivity index (χ0) is 3.41. The van der Waals surface area contributed by atoms with Crippen LogP contribution in [0.5, 0.6) is 0 Å². The number of halogens is 1. The van der Waals surface area contributed by atoms with Crippen molar-refractivity contribution in [2.45, 2.75) is 0 Å². The summed E-state index contributed by atoms with van der Waals surface area (Å²) in [5.74, 6) is 0. The van der Waals surface area contributed by atoms with Crippen molar-refractivity contribution in [2.75, 3.05) is 7.11 Å². The molecule has 4 heavy (non-hydrogen) atoms. The van der Waals surface area contributed by atoms with E-state index in [2.05, 4.69) is 2.64 Å². The number of hydrogen-bond donors (Lipinski definition) is 0. The summed E-state index contributed by atoms with van der Waals surface area (Å²) in [4.78, 5) is 0. The van der Waals surface area contributed by atoms with E-state index in [-0.39, 0.29) is 0 Å². The zero-order valence-electron chi connectivity index (χ0n) is 2.49. The van der Waals surface area contributed by atoms with Gasteiger partial charge in [-0.25, -0.2) is 0 Å². The van der Waals surface area contributed by atoms with Gasteiger partial charge in [-0.05, 0) is 0 Å². The van der Waals surface area contributed by atoms with E-state index in [0.29, 0.717) is 0 Å². The Morgan fingerprint density at radius 2 is 2.25 bits per heavy atom. The summed E-state index contributed by atoms with van der Waals surface area (Å²) in [6.45, 7) is 0. The molecule has 0 aliphatic rings. The Labute approximate surface area is 41.8 Å². The summed E-state index contributed by atoms with van der Waals surface area (Å²) < 4.78 is 4.53.